The van der Waals surface area contributed by atoms with Gasteiger partial charge in [0.1, 0.15) is 0 Å². The Labute approximate surface area is 204 Å². The van der Waals surface area contributed by atoms with E-state index < -0.39 is 10.0 Å². The van der Waals surface area contributed by atoms with E-state index in [1.165, 1.54) is 0 Å². The number of aliphatic hydroxyl groups is 1. The van der Waals surface area contributed by atoms with E-state index in [-0.39, 0.29) is 30.4 Å². The Bertz CT molecular complexity index is 1100. The van der Waals surface area contributed by atoms with Gasteiger partial charge in [-0.1, -0.05) is 68.2 Å². The summed E-state index contributed by atoms with van der Waals surface area (Å²) in [5.41, 5.74) is 2.95. The molecule has 2 fully saturated rings. The summed E-state index contributed by atoms with van der Waals surface area (Å²) in [4.78, 5) is 2.31. The van der Waals surface area contributed by atoms with Crippen LogP contribution in [0.4, 0.5) is 0 Å². The monoisotopic (exact) mass is 480 g/mol. The third-order valence-corrected chi connectivity index (χ3v) is 8.77. The summed E-state index contributed by atoms with van der Waals surface area (Å²) >= 11 is 0. The van der Waals surface area contributed by atoms with Gasteiger partial charge in [0.2, 0.25) is 10.0 Å². The molecular weight excluding hydrogens is 444 g/mol. The smallest absolute Gasteiger partial charge is 0.218 e. The Balaban J connectivity index is 1.53. The van der Waals surface area contributed by atoms with Crippen molar-refractivity contribution in [2.75, 3.05) is 26.2 Å². The topological polar surface area (TPSA) is 60.9 Å². The van der Waals surface area contributed by atoms with Gasteiger partial charge in [0.05, 0.1) is 12.4 Å². The van der Waals surface area contributed by atoms with Crippen LogP contribution in [0.2, 0.25) is 0 Å². The van der Waals surface area contributed by atoms with Crippen molar-refractivity contribution in [3.63, 3.8) is 0 Å². The standard InChI is InChI=1S/C28H36N2O3S/c1-22(2)9-8-12-23-13-15-25(16-14-23)28-26-19-29(17-6-7-18-30(26)27(28)20-31)34(32,33)21-24-10-4-3-5-11-24/h3-5,10-11,13-16,22,26-28,31H,6-7,9,17-21H2,1-2H3/t26-,27+,28-/m1/s1. The van der Waals surface area contributed by atoms with Gasteiger partial charge in [-0.3, -0.25) is 4.90 Å². The van der Waals surface area contributed by atoms with E-state index >= 15 is 0 Å². The zero-order valence-electron chi connectivity index (χ0n) is 20.2. The molecule has 0 radical (unpaired) electrons. The van der Waals surface area contributed by atoms with Gasteiger partial charge in [0, 0.05) is 43.1 Å². The largest absolute Gasteiger partial charge is 0.395 e. The second-order valence-corrected chi connectivity index (χ2v) is 11.9. The molecule has 0 unspecified atom stereocenters. The summed E-state index contributed by atoms with van der Waals surface area (Å²) in [6, 6.07) is 17.8. The van der Waals surface area contributed by atoms with Crippen LogP contribution in [0.25, 0.3) is 0 Å². The molecule has 34 heavy (non-hydrogen) atoms. The average molecular weight is 481 g/mol. The highest BCUT2D eigenvalue weighted by molar-refractivity contribution is 7.88. The average Bonchev–Trinajstić information content (AvgIpc) is 2.79. The van der Waals surface area contributed by atoms with Crippen molar-refractivity contribution in [2.24, 2.45) is 5.92 Å². The first-order valence-electron chi connectivity index (χ1n) is 12.4. The Morgan fingerprint density at radius 1 is 1.03 bits per heavy atom. The molecule has 182 valence electrons. The van der Waals surface area contributed by atoms with Crippen molar-refractivity contribution in [1.82, 2.24) is 9.21 Å². The number of rotatable bonds is 6. The highest BCUT2D eigenvalue weighted by Gasteiger charge is 2.50. The first kappa shape index (κ1) is 24.9. The van der Waals surface area contributed by atoms with Crippen LogP contribution < -0.4 is 0 Å². The lowest BCUT2D eigenvalue weighted by Gasteiger charge is -2.57. The minimum absolute atomic E-state index is 0.0262. The third-order valence-electron chi connectivity index (χ3n) is 6.96. The molecule has 0 amide bonds. The number of sulfonamides is 1. The molecule has 4 rings (SSSR count). The molecule has 2 aromatic rings. The Kier molecular flexibility index (Phi) is 8.10. The van der Waals surface area contributed by atoms with Crippen LogP contribution in [0, 0.1) is 17.8 Å². The second-order valence-electron chi connectivity index (χ2n) is 9.91. The molecule has 6 heteroatoms. The van der Waals surface area contributed by atoms with E-state index in [0.29, 0.717) is 19.0 Å². The van der Waals surface area contributed by atoms with Crippen LogP contribution in [-0.2, 0) is 15.8 Å². The van der Waals surface area contributed by atoms with Gasteiger partial charge < -0.3 is 5.11 Å². The van der Waals surface area contributed by atoms with Crippen LogP contribution in [0.3, 0.4) is 0 Å². The number of benzene rings is 2. The lowest BCUT2D eigenvalue weighted by atomic mass is 9.74. The first-order valence-corrected chi connectivity index (χ1v) is 14.0. The van der Waals surface area contributed by atoms with Crippen molar-refractivity contribution >= 4 is 10.0 Å². The summed E-state index contributed by atoms with van der Waals surface area (Å²) in [5.74, 6) is 7.15. The van der Waals surface area contributed by atoms with Crippen LogP contribution in [0.5, 0.6) is 0 Å². The van der Waals surface area contributed by atoms with E-state index in [4.69, 9.17) is 0 Å². The van der Waals surface area contributed by atoms with Crippen molar-refractivity contribution in [3.8, 4) is 11.8 Å². The van der Waals surface area contributed by atoms with Gasteiger partial charge in [-0.15, -0.1) is 0 Å². The van der Waals surface area contributed by atoms with E-state index in [2.05, 4.69) is 42.7 Å². The fourth-order valence-corrected chi connectivity index (χ4v) is 6.77. The van der Waals surface area contributed by atoms with Gasteiger partial charge in [0.15, 0.2) is 0 Å². The van der Waals surface area contributed by atoms with Crippen molar-refractivity contribution in [1.29, 1.82) is 0 Å². The molecule has 0 aliphatic carbocycles. The summed E-state index contributed by atoms with van der Waals surface area (Å²) in [7, 11) is -3.43. The molecule has 5 nitrogen and oxygen atoms in total. The van der Waals surface area contributed by atoms with Crippen LogP contribution in [0.15, 0.2) is 54.6 Å². The molecule has 0 aromatic heterocycles. The second kappa shape index (κ2) is 11.0. The van der Waals surface area contributed by atoms with Gasteiger partial charge in [-0.2, -0.15) is 0 Å². The molecule has 0 saturated carbocycles. The quantitative estimate of drug-likeness (QED) is 0.639. The van der Waals surface area contributed by atoms with Gasteiger partial charge in [-0.05, 0) is 48.6 Å². The Morgan fingerprint density at radius 3 is 2.41 bits per heavy atom. The van der Waals surface area contributed by atoms with Crippen LogP contribution >= 0.6 is 0 Å². The van der Waals surface area contributed by atoms with E-state index in [1.54, 1.807) is 4.31 Å². The SMILES string of the molecule is CC(C)CC#Cc1ccc([C@@H]2[C@H]3CN(S(=O)(=O)Cc4ccccc4)CCCCN3[C@H]2CO)cc1. The van der Waals surface area contributed by atoms with Crippen LogP contribution in [-0.4, -0.2) is 61.1 Å². The fourth-order valence-electron chi connectivity index (χ4n) is 5.18. The molecule has 0 spiro atoms. The summed E-state index contributed by atoms with van der Waals surface area (Å²) in [6.07, 6.45) is 2.65. The number of hydrogen-bond acceptors (Lipinski definition) is 4. The molecule has 1 N–H and O–H groups in total. The number of nitrogens with zero attached hydrogens (tertiary/aromatic N) is 2. The number of fused-ring (bicyclic) bond motifs is 1. The molecular formula is C28H36N2O3S. The minimum atomic E-state index is -3.43. The lowest BCUT2D eigenvalue weighted by molar-refractivity contribution is -0.0554. The predicted octanol–water partition coefficient (Wildman–Crippen LogP) is 3.84. The normalized spacial score (nSPS) is 23.8. The Hall–Kier alpha value is -2.17. The molecule has 0 bridgehead atoms. The zero-order valence-corrected chi connectivity index (χ0v) is 21.0. The zero-order chi connectivity index (χ0) is 24.1. The van der Waals surface area contributed by atoms with Crippen LogP contribution in [0.1, 0.15) is 55.7 Å². The third kappa shape index (κ3) is 5.72. The van der Waals surface area contributed by atoms with E-state index in [0.717, 1.165) is 42.5 Å². The summed E-state index contributed by atoms with van der Waals surface area (Å²) in [6.45, 7) is 6.32. The minimum Gasteiger partial charge on any atom is -0.395 e. The first-order chi connectivity index (χ1) is 16.4. The molecule has 2 heterocycles. The van der Waals surface area contributed by atoms with Gasteiger partial charge in [-0.25, -0.2) is 12.7 Å². The molecule has 3 atom stereocenters. The van der Waals surface area contributed by atoms with Crippen molar-refractivity contribution in [3.05, 3.63) is 71.3 Å². The molecule has 2 aromatic carbocycles. The lowest BCUT2D eigenvalue weighted by Crippen LogP contribution is -2.67. The molecule has 2 aliphatic rings. The van der Waals surface area contributed by atoms with Gasteiger partial charge >= 0.3 is 0 Å². The maximum Gasteiger partial charge on any atom is 0.218 e. The molecule has 2 aliphatic heterocycles. The van der Waals surface area contributed by atoms with Gasteiger partial charge in [0.25, 0.3) is 0 Å². The summed E-state index contributed by atoms with van der Waals surface area (Å²) < 4.78 is 28.3. The van der Waals surface area contributed by atoms with E-state index in [1.807, 2.05) is 42.5 Å². The maximum atomic E-state index is 13.3. The summed E-state index contributed by atoms with van der Waals surface area (Å²) in [5, 5.41) is 10.2. The highest BCUT2D eigenvalue weighted by atomic mass is 32.2. The van der Waals surface area contributed by atoms with Crippen molar-refractivity contribution in [2.45, 2.75) is 56.9 Å². The van der Waals surface area contributed by atoms with Crippen molar-refractivity contribution < 1.29 is 13.5 Å². The Morgan fingerprint density at radius 2 is 1.74 bits per heavy atom. The highest BCUT2D eigenvalue weighted by Crippen LogP contribution is 2.42. The number of aliphatic hydroxyl groups excluding tert-OH is 1. The fraction of sp³-hybridized carbons (Fsp3) is 0.500. The molecule has 2 saturated heterocycles. The predicted molar refractivity (Wildman–Crippen MR) is 137 cm³/mol. The number of hydrogen-bond donors (Lipinski definition) is 1. The van der Waals surface area contributed by atoms with E-state index in [9.17, 15) is 13.5 Å². The maximum absolute atomic E-state index is 13.3.